The summed E-state index contributed by atoms with van der Waals surface area (Å²) in [5, 5.41) is 27.1. The second-order valence-corrected chi connectivity index (χ2v) is 7.10. The summed E-state index contributed by atoms with van der Waals surface area (Å²) in [6, 6.07) is 7.09. The van der Waals surface area contributed by atoms with Gasteiger partial charge in [-0.15, -0.1) is 10.2 Å². The number of anilines is 1. The van der Waals surface area contributed by atoms with E-state index < -0.39 is 0 Å². The first-order valence-corrected chi connectivity index (χ1v) is 8.90. The number of hydrogen-bond donors (Lipinski definition) is 2. The van der Waals surface area contributed by atoms with Gasteiger partial charge >= 0.3 is 0 Å². The average molecular weight is 341 g/mol. The number of aromatic amines is 1. The van der Waals surface area contributed by atoms with Gasteiger partial charge in [0.15, 0.2) is 0 Å². The maximum atomic E-state index is 9.39. The number of nitrogens with one attached hydrogen (secondary N) is 1. The second kappa shape index (κ2) is 6.24. The van der Waals surface area contributed by atoms with Crippen LogP contribution in [0.25, 0.3) is 10.6 Å². The van der Waals surface area contributed by atoms with Crippen molar-refractivity contribution < 1.29 is 5.11 Å². The molecule has 0 amide bonds. The van der Waals surface area contributed by atoms with Crippen LogP contribution in [0.3, 0.4) is 0 Å². The van der Waals surface area contributed by atoms with Crippen LogP contribution in [0.1, 0.15) is 30.0 Å². The van der Waals surface area contributed by atoms with Gasteiger partial charge in [-0.1, -0.05) is 11.3 Å². The quantitative estimate of drug-likeness (QED) is 0.764. The van der Waals surface area contributed by atoms with Gasteiger partial charge in [0, 0.05) is 24.3 Å². The van der Waals surface area contributed by atoms with Crippen LogP contribution in [0.4, 0.5) is 5.13 Å². The third-order valence-corrected chi connectivity index (χ3v) is 5.64. The Labute approximate surface area is 144 Å². The summed E-state index contributed by atoms with van der Waals surface area (Å²) in [5.41, 5.74) is 3.51. The summed E-state index contributed by atoms with van der Waals surface area (Å²) in [7, 11) is 0. The lowest BCUT2D eigenvalue weighted by Gasteiger charge is -2.31. The van der Waals surface area contributed by atoms with E-state index in [-0.39, 0.29) is 5.75 Å². The molecule has 0 spiro atoms. The van der Waals surface area contributed by atoms with Crippen molar-refractivity contribution in [2.24, 2.45) is 0 Å². The van der Waals surface area contributed by atoms with Crippen LogP contribution in [-0.2, 0) is 0 Å². The molecule has 1 saturated heterocycles. The van der Waals surface area contributed by atoms with E-state index in [4.69, 9.17) is 0 Å². The van der Waals surface area contributed by atoms with Crippen LogP contribution in [0, 0.1) is 6.92 Å². The molecule has 4 rings (SSSR count). The van der Waals surface area contributed by atoms with Gasteiger partial charge in [0.2, 0.25) is 5.13 Å². The molecule has 1 aliphatic rings. The standard InChI is InChI=1S/C17H19N5OS/c1-11-15(10-18-19-11)12-6-8-22(9-7-12)17-21-20-16(24-17)13-2-4-14(23)5-3-13/h2-5,10,12,23H,6-9H2,1H3,(H,18,19). The van der Waals surface area contributed by atoms with E-state index in [0.29, 0.717) is 5.92 Å². The molecular weight excluding hydrogens is 322 g/mol. The molecule has 0 radical (unpaired) electrons. The van der Waals surface area contributed by atoms with Gasteiger partial charge in [-0.25, -0.2) is 0 Å². The molecule has 0 aliphatic carbocycles. The van der Waals surface area contributed by atoms with Crippen molar-refractivity contribution in [3.8, 4) is 16.3 Å². The van der Waals surface area contributed by atoms with E-state index in [1.165, 1.54) is 11.3 Å². The zero-order valence-corrected chi connectivity index (χ0v) is 14.3. The molecule has 1 fully saturated rings. The van der Waals surface area contributed by atoms with Gasteiger partial charge < -0.3 is 10.0 Å². The molecule has 24 heavy (non-hydrogen) atoms. The fourth-order valence-corrected chi connectivity index (χ4v) is 4.12. The summed E-state index contributed by atoms with van der Waals surface area (Å²) in [6.07, 6.45) is 4.17. The molecule has 0 bridgehead atoms. The van der Waals surface area contributed by atoms with Gasteiger partial charge in [0.25, 0.3) is 0 Å². The van der Waals surface area contributed by atoms with Crippen molar-refractivity contribution >= 4 is 16.5 Å². The summed E-state index contributed by atoms with van der Waals surface area (Å²) < 4.78 is 0. The highest BCUT2D eigenvalue weighted by atomic mass is 32.1. The first kappa shape index (κ1) is 15.1. The molecule has 3 aromatic rings. The molecular formula is C17H19N5OS. The highest BCUT2D eigenvalue weighted by Gasteiger charge is 2.24. The Morgan fingerprint density at radius 2 is 1.92 bits per heavy atom. The zero-order chi connectivity index (χ0) is 16.5. The Balaban J connectivity index is 1.45. The fraction of sp³-hybridized carbons (Fsp3) is 0.353. The molecule has 1 aliphatic heterocycles. The lowest BCUT2D eigenvalue weighted by atomic mass is 9.90. The minimum atomic E-state index is 0.264. The van der Waals surface area contributed by atoms with Crippen molar-refractivity contribution in [1.82, 2.24) is 20.4 Å². The lowest BCUT2D eigenvalue weighted by molar-refractivity contribution is 0.475. The van der Waals surface area contributed by atoms with E-state index in [0.717, 1.165) is 41.6 Å². The van der Waals surface area contributed by atoms with Crippen molar-refractivity contribution in [3.63, 3.8) is 0 Å². The number of aromatic hydroxyl groups is 1. The van der Waals surface area contributed by atoms with E-state index in [2.05, 4.69) is 32.2 Å². The third kappa shape index (κ3) is 2.87. The van der Waals surface area contributed by atoms with Crippen LogP contribution in [-0.4, -0.2) is 38.6 Å². The normalized spacial score (nSPS) is 15.8. The summed E-state index contributed by atoms with van der Waals surface area (Å²) in [5.74, 6) is 0.838. The number of nitrogens with zero attached hydrogens (tertiary/aromatic N) is 4. The summed E-state index contributed by atoms with van der Waals surface area (Å²) in [6.45, 7) is 4.06. The highest BCUT2D eigenvalue weighted by Crippen LogP contribution is 2.34. The minimum Gasteiger partial charge on any atom is -0.508 e. The van der Waals surface area contributed by atoms with Crippen LogP contribution in [0.2, 0.25) is 0 Å². The molecule has 3 heterocycles. The zero-order valence-electron chi connectivity index (χ0n) is 13.4. The molecule has 0 unspecified atom stereocenters. The molecule has 2 aromatic heterocycles. The maximum Gasteiger partial charge on any atom is 0.208 e. The smallest absolute Gasteiger partial charge is 0.208 e. The Hall–Kier alpha value is -2.41. The van der Waals surface area contributed by atoms with Crippen molar-refractivity contribution in [3.05, 3.63) is 41.7 Å². The van der Waals surface area contributed by atoms with E-state index in [9.17, 15) is 5.11 Å². The largest absolute Gasteiger partial charge is 0.508 e. The van der Waals surface area contributed by atoms with E-state index >= 15 is 0 Å². The predicted octanol–water partition coefficient (Wildman–Crippen LogP) is 3.33. The van der Waals surface area contributed by atoms with Gasteiger partial charge in [0.05, 0.1) is 6.20 Å². The number of benzene rings is 1. The molecule has 6 nitrogen and oxygen atoms in total. The summed E-state index contributed by atoms with van der Waals surface area (Å²) in [4.78, 5) is 2.31. The number of hydrogen-bond acceptors (Lipinski definition) is 6. The van der Waals surface area contributed by atoms with Crippen LogP contribution in [0.15, 0.2) is 30.5 Å². The average Bonchev–Trinajstić information content (AvgIpc) is 3.25. The monoisotopic (exact) mass is 341 g/mol. The molecule has 0 atom stereocenters. The number of phenols is 1. The SMILES string of the molecule is Cc1[nH]ncc1C1CCN(c2nnc(-c3ccc(O)cc3)s2)CC1. The topological polar surface area (TPSA) is 77.9 Å². The number of H-pyrrole nitrogens is 1. The van der Waals surface area contributed by atoms with Gasteiger partial charge in [-0.05, 0) is 55.5 Å². The number of aryl methyl sites for hydroxylation is 1. The third-order valence-electron chi connectivity index (χ3n) is 4.60. The first-order valence-electron chi connectivity index (χ1n) is 8.08. The van der Waals surface area contributed by atoms with Crippen LogP contribution < -0.4 is 4.90 Å². The first-order chi connectivity index (χ1) is 11.7. The number of rotatable bonds is 3. The summed E-state index contributed by atoms with van der Waals surface area (Å²) >= 11 is 1.60. The molecule has 2 N–H and O–H groups in total. The van der Waals surface area contributed by atoms with E-state index in [1.807, 2.05) is 18.3 Å². The van der Waals surface area contributed by atoms with Gasteiger partial charge in [0.1, 0.15) is 10.8 Å². The molecule has 7 heteroatoms. The minimum absolute atomic E-state index is 0.264. The van der Waals surface area contributed by atoms with Gasteiger partial charge in [-0.3, -0.25) is 5.10 Å². The van der Waals surface area contributed by atoms with Crippen LogP contribution >= 0.6 is 11.3 Å². The fourth-order valence-electron chi connectivity index (χ4n) is 3.22. The van der Waals surface area contributed by atoms with Crippen molar-refractivity contribution in [1.29, 1.82) is 0 Å². The molecule has 1 aromatic carbocycles. The molecule has 124 valence electrons. The van der Waals surface area contributed by atoms with Crippen molar-refractivity contribution in [2.75, 3.05) is 18.0 Å². The van der Waals surface area contributed by atoms with Crippen molar-refractivity contribution in [2.45, 2.75) is 25.7 Å². The lowest BCUT2D eigenvalue weighted by Crippen LogP contribution is -2.32. The second-order valence-electron chi connectivity index (χ2n) is 6.15. The Morgan fingerprint density at radius 1 is 1.17 bits per heavy atom. The Bertz CT molecular complexity index is 818. The highest BCUT2D eigenvalue weighted by molar-refractivity contribution is 7.18. The van der Waals surface area contributed by atoms with E-state index in [1.54, 1.807) is 23.5 Å². The maximum absolute atomic E-state index is 9.39. The molecule has 0 saturated carbocycles. The number of piperidine rings is 1. The Morgan fingerprint density at radius 3 is 2.58 bits per heavy atom. The van der Waals surface area contributed by atoms with Crippen LogP contribution in [0.5, 0.6) is 5.75 Å². The number of aromatic nitrogens is 4. The van der Waals surface area contributed by atoms with Gasteiger partial charge in [-0.2, -0.15) is 5.10 Å². The number of phenolic OH excluding ortho intramolecular Hbond substituents is 1. The predicted molar refractivity (Wildman–Crippen MR) is 94.5 cm³/mol. The Kier molecular flexibility index (Phi) is 3.93.